The van der Waals surface area contributed by atoms with E-state index in [-0.39, 0.29) is 5.91 Å². The number of nitrogens with zero attached hydrogens (tertiary/aromatic N) is 2. The van der Waals surface area contributed by atoms with Crippen LogP contribution in [0.5, 0.6) is 0 Å². The Kier molecular flexibility index (Phi) is 5.62. The first-order valence-corrected chi connectivity index (χ1v) is 9.89. The van der Waals surface area contributed by atoms with Crippen LogP contribution in [0, 0.1) is 0 Å². The number of rotatable bonds is 4. The Morgan fingerprint density at radius 3 is 2.66 bits per heavy atom. The minimum Gasteiger partial charge on any atom is -0.423 e. The summed E-state index contributed by atoms with van der Waals surface area (Å²) >= 11 is 0. The third-order valence-electron chi connectivity index (χ3n) is 5.76. The van der Waals surface area contributed by atoms with Gasteiger partial charge in [-0.3, -0.25) is 9.78 Å². The van der Waals surface area contributed by atoms with Gasteiger partial charge in [0.2, 0.25) is 0 Å². The van der Waals surface area contributed by atoms with Crippen molar-refractivity contribution in [1.29, 1.82) is 0 Å². The van der Waals surface area contributed by atoms with Crippen molar-refractivity contribution in [2.24, 2.45) is 5.73 Å². The Hall–Kier alpha value is -2.74. The molecule has 2 heterocycles. The average Bonchev–Trinajstić information content (AvgIpc) is 2.77. The number of likely N-dealkylation sites (tertiary alicyclic amines) is 1. The lowest BCUT2D eigenvalue weighted by Crippen LogP contribution is -2.38. The van der Waals surface area contributed by atoms with Crippen molar-refractivity contribution in [3.05, 3.63) is 71.5 Å². The Morgan fingerprint density at radius 1 is 1.14 bits per heavy atom. The van der Waals surface area contributed by atoms with Crippen molar-refractivity contribution in [3.63, 3.8) is 0 Å². The fraction of sp³-hybridized carbons (Fsp3) is 0.273. The van der Waals surface area contributed by atoms with Gasteiger partial charge in [0.05, 0.1) is 0 Å². The van der Waals surface area contributed by atoms with Gasteiger partial charge in [0.25, 0.3) is 5.91 Å². The number of carbonyl (C=O) groups is 1. The van der Waals surface area contributed by atoms with Crippen molar-refractivity contribution >= 4 is 29.3 Å². The predicted molar refractivity (Wildman–Crippen MR) is 114 cm³/mol. The van der Waals surface area contributed by atoms with Crippen LogP contribution in [0.3, 0.4) is 0 Å². The molecule has 0 unspecified atom stereocenters. The standard InChI is InChI=1S/C22H24BN3O3/c24-12-15-2-1-3-17(10-15)16-6-8-26(9-7-16)22(27)18-4-5-20-19(11-18)13-25-14-21(20)23(28)29/h1-5,10-11,13-14,16,28-29H,6-9,12,24H2. The molecule has 0 spiro atoms. The molecular weight excluding hydrogens is 365 g/mol. The molecule has 0 saturated carbocycles. The number of pyridine rings is 1. The van der Waals surface area contributed by atoms with Gasteiger partial charge in [-0.15, -0.1) is 0 Å². The van der Waals surface area contributed by atoms with E-state index >= 15 is 0 Å². The fourth-order valence-electron chi connectivity index (χ4n) is 4.11. The van der Waals surface area contributed by atoms with Crippen LogP contribution in [0.25, 0.3) is 10.8 Å². The van der Waals surface area contributed by atoms with Gasteiger partial charge < -0.3 is 20.7 Å². The lowest BCUT2D eigenvalue weighted by atomic mass is 9.78. The molecule has 7 heteroatoms. The molecule has 148 valence electrons. The number of aromatic nitrogens is 1. The van der Waals surface area contributed by atoms with E-state index in [0.29, 0.717) is 42.0 Å². The summed E-state index contributed by atoms with van der Waals surface area (Å²) in [7, 11) is -1.59. The number of amides is 1. The molecule has 1 aromatic heterocycles. The van der Waals surface area contributed by atoms with Crippen LogP contribution in [0.2, 0.25) is 0 Å². The third kappa shape index (κ3) is 4.03. The fourth-order valence-corrected chi connectivity index (χ4v) is 4.11. The summed E-state index contributed by atoms with van der Waals surface area (Å²) in [4.78, 5) is 18.9. The van der Waals surface area contributed by atoms with Gasteiger partial charge in [0, 0.05) is 48.4 Å². The average molecular weight is 389 g/mol. The minimum absolute atomic E-state index is 0.00370. The van der Waals surface area contributed by atoms with Crippen LogP contribution in [0.15, 0.2) is 54.9 Å². The van der Waals surface area contributed by atoms with Crippen molar-refractivity contribution in [3.8, 4) is 0 Å². The van der Waals surface area contributed by atoms with Gasteiger partial charge in [0.1, 0.15) is 0 Å². The van der Waals surface area contributed by atoms with Gasteiger partial charge in [-0.2, -0.15) is 0 Å². The Labute approximate surface area is 170 Å². The number of hydrogen-bond donors (Lipinski definition) is 3. The second-order valence-electron chi connectivity index (χ2n) is 7.55. The first kappa shape index (κ1) is 19.6. The molecule has 0 radical (unpaired) electrons. The van der Waals surface area contributed by atoms with Gasteiger partial charge in [-0.1, -0.05) is 30.3 Å². The molecule has 1 fully saturated rings. The van der Waals surface area contributed by atoms with Gasteiger partial charge >= 0.3 is 7.12 Å². The molecule has 1 saturated heterocycles. The highest BCUT2D eigenvalue weighted by atomic mass is 16.4. The number of benzene rings is 2. The molecule has 0 bridgehead atoms. The molecule has 2 aromatic carbocycles. The molecular formula is C22H24BN3O3. The van der Waals surface area contributed by atoms with E-state index in [9.17, 15) is 14.8 Å². The van der Waals surface area contributed by atoms with Crippen LogP contribution in [-0.4, -0.2) is 46.0 Å². The highest BCUT2D eigenvalue weighted by Crippen LogP contribution is 2.29. The van der Waals surface area contributed by atoms with E-state index in [1.165, 1.54) is 11.8 Å². The van der Waals surface area contributed by atoms with Crippen molar-refractivity contribution in [1.82, 2.24) is 9.88 Å². The predicted octanol–water partition coefficient (Wildman–Crippen LogP) is 1.39. The van der Waals surface area contributed by atoms with Crippen molar-refractivity contribution in [2.45, 2.75) is 25.3 Å². The summed E-state index contributed by atoms with van der Waals surface area (Å²) in [5.41, 5.74) is 9.12. The third-order valence-corrected chi connectivity index (χ3v) is 5.76. The summed E-state index contributed by atoms with van der Waals surface area (Å²) < 4.78 is 0. The minimum atomic E-state index is -1.59. The number of carbonyl (C=O) groups excluding carboxylic acids is 1. The first-order valence-electron chi connectivity index (χ1n) is 9.89. The summed E-state index contributed by atoms with van der Waals surface area (Å²) in [6.45, 7) is 1.96. The van der Waals surface area contributed by atoms with Crippen LogP contribution in [0.4, 0.5) is 0 Å². The molecule has 1 aliphatic rings. The molecule has 6 nitrogen and oxygen atoms in total. The number of fused-ring (bicyclic) bond motifs is 1. The molecule has 1 aliphatic heterocycles. The second kappa shape index (κ2) is 8.33. The van der Waals surface area contributed by atoms with E-state index in [1.807, 2.05) is 11.0 Å². The van der Waals surface area contributed by atoms with Crippen LogP contribution < -0.4 is 11.2 Å². The Bertz CT molecular complexity index is 1030. The van der Waals surface area contributed by atoms with E-state index in [0.717, 1.165) is 23.8 Å². The zero-order valence-electron chi connectivity index (χ0n) is 16.2. The molecule has 3 aromatic rings. The molecule has 1 amide bonds. The summed E-state index contributed by atoms with van der Waals surface area (Å²) in [5.74, 6) is 0.441. The zero-order valence-corrected chi connectivity index (χ0v) is 16.2. The second-order valence-corrected chi connectivity index (χ2v) is 7.55. The largest absolute Gasteiger partial charge is 0.490 e. The van der Waals surface area contributed by atoms with E-state index < -0.39 is 7.12 Å². The summed E-state index contributed by atoms with van der Waals surface area (Å²) in [6, 6.07) is 13.7. The van der Waals surface area contributed by atoms with Crippen molar-refractivity contribution < 1.29 is 14.8 Å². The van der Waals surface area contributed by atoms with E-state index in [4.69, 9.17) is 5.73 Å². The normalized spacial score (nSPS) is 14.9. The molecule has 29 heavy (non-hydrogen) atoms. The van der Waals surface area contributed by atoms with Crippen LogP contribution >= 0.6 is 0 Å². The lowest BCUT2D eigenvalue weighted by molar-refractivity contribution is 0.0713. The van der Waals surface area contributed by atoms with E-state index in [2.05, 4.69) is 23.2 Å². The maximum absolute atomic E-state index is 13.0. The SMILES string of the molecule is NCc1cccc(C2CCN(C(=O)c3ccc4c(B(O)O)cncc4c3)CC2)c1. The quantitative estimate of drug-likeness (QED) is 0.586. The maximum Gasteiger partial charge on any atom is 0.490 e. The first-order chi connectivity index (χ1) is 14.1. The summed E-state index contributed by atoms with van der Waals surface area (Å²) in [5, 5.41) is 20.4. The summed E-state index contributed by atoms with van der Waals surface area (Å²) in [6.07, 6.45) is 4.92. The molecule has 4 N–H and O–H groups in total. The molecule has 0 aliphatic carbocycles. The highest BCUT2D eigenvalue weighted by Gasteiger charge is 2.25. The Morgan fingerprint density at radius 2 is 1.93 bits per heavy atom. The molecule has 0 atom stereocenters. The topological polar surface area (TPSA) is 99.7 Å². The van der Waals surface area contributed by atoms with Crippen LogP contribution in [0.1, 0.15) is 40.2 Å². The molecule has 4 rings (SSSR count). The van der Waals surface area contributed by atoms with Gasteiger partial charge in [-0.05, 0) is 47.4 Å². The monoisotopic (exact) mass is 389 g/mol. The van der Waals surface area contributed by atoms with Gasteiger partial charge in [-0.25, -0.2) is 0 Å². The zero-order chi connectivity index (χ0) is 20.4. The highest BCUT2D eigenvalue weighted by molar-refractivity contribution is 6.61. The van der Waals surface area contributed by atoms with Gasteiger partial charge in [0.15, 0.2) is 0 Å². The number of hydrogen-bond acceptors (Lipinski definition) is 5. The van der Waals surface area contributed by atoms with E-state index in [1.54, 1.807) is 24.4 Å². The lowest BCUT2D eigenvalue weighted by Gasteiger charge is -2.32. The van der Waals surface area contributed by atoms with Crippen LogP contribution in [-0.2, 0) is 6.54 Å². The number of nitrogens with two attached hydrogens (primary N) is 1. The maximum atomic E-state index is 13.0. The number of piperidine rings is 1. The Balaban J connectivity index is 1.48. The van der Waals surface area contributed by atoms with Crippen molar-refractivity contribution in [2.75, 3.05) is 13.1 Å². The smallest absolute Gasteiger partial charge is 0.423 e.